The Bertz CT molecular complexity index is 399. The summed E-state index contributed by atoms with van der Waals surface area (Å²) in [5, 5.41) is 12.1. The Morgan fingerprint density at radius 2 is 2.27 bits per heavy atom. The van der Waals surface area contributed by atoms with Crippen LogP contribution in [0.25, 0.3) is 0 Å². The summed E-state index contributed by atoms with van der Waals surface area (Å²) in [5.74, 6) is 0. The van der Waals surface area contributed by atoms with Crippen molar-refractivity contribution < 1.29 is 0 Å². The minimum absolute atomic E-state index is 0.685. The molecule has 0 heterocycles. The molecule has 0 radical (unpaired) electrons. The van der Waals surface area contributed by atoms with E-state index in [2.05, 4.69) is 24.9 Å². The van der Waals surface area contributed by atoms with Gasteiger partial charge in [-0.1, -0.05) is 25.1 Å². The lowest BCUT2D eigenvalue weighted by Gasteiger charge is -2.10. The van der Waals surface area contributed by atoms with Gasteiger partial charge in [0.25, 0.3) is 0 Å². The Hall–Kier alpha value is -1.75. The number of nitrogens with zero attached hydrogens (tertiary/aromatic N) is 1. The zero-order valence-electron chi connectivity index (χ0n) is 9.30. The van der Waals surface area contributed by atoms with Gasteiger partial charge in [0.1, 0.15) is 0 Å². The highest BCUT2D eigenvalue weighted by atomic mass is 14.9. The molecular weight excluding hydrogens is 184 g/mol. The lowest BCUT2D eigenvalue weighted by atomic mass is 10.1. The molecule has 1 aromatic rings. The second-order valence-electron chi connectivity index (χ2n) is 3.60. The van der Waals surface area contributed by atoms with Gasteiger partial charge in [-0.2, -0.15) is 5.26 Å². The average molecular weight is 200 g/mol. The Morgan fingerprint density at radius 3 is 2.87 bits per heavy atom. The zero-order valence-corrected chi connectivity index (χ0v) is 9.30. The molecule has 0 aliphatic rings. The average Bonchev–Trinajstić information content (AvgIpc) is 2.27. The van der Waals surface area contributed by atoms with Crippen LogP contribution in [0.1, 0.15) is 24.5 Å². The summed E-state index contributed by atoms with van der Waals surface area (Å²) in [6, 6.07) is 7.79. The maximum Gasteiger partial charge on any atom is 0.0992 e. The molecule has 0 aromatic heterocycles. The highest BCUT2D eigenvalue weighted by Gasteiger charge is 1.99. The third-order valence-corrected chi connectivity index (χ3v) is 2.40. The largest absolute Gasteiger partial charge is 0.381 e. The highest BCUT2D eigenvalue weighted by Crippen LogP contribution is 2.16. The number of aryl methyl sites for hydroxylation is 1. The van der Waals surface area contributed by atoms with Gasteiger partial charge >= 0.3 is 0 Å². The second kappa shape index (κ2) is 5.21. The van der Waals surface area contributed by atoms with Crippen LogP contribution in [0.15, 0.2) is 30.4 Å². The van der Waals surface area contributed by atoms with Crippen LogP contribution in [-0.4, -0.2) is 6.54 Å². The summed E-state index contributed by atoms with van der Waals surface area (Å²) in [4.78, 5) is 0. The molecule has 1 N–H and O–H groups in total. The van der Waals surface area contributed by atoms with Gasteiger partial charge in [-0.15, -0.1) is 0 Å². The minimum Gasteiger partial charge on any atom is -0.381 e. The van der Waals surface area contributed by atoms with Crippen LogP contribution in [0.2, 0.25) is 0 Å². The molecule has 1 aromatic carbocycles. The molecular formula is C13H16N2. The van der Waals surface area contributed by atoms with Gasteiger partial charge in [-0.05, 0) is 31.0 Å². The van der Waals surface area contributed by atoms with Crippen LogP contribution in [0.5, 0.6) is 0 Å². The number of benzene rings is 1. The van der Waals surface area contributed by atoms with E-state index in [-0.39, 0.29) is 0 Å². The van der Waals surface area contributed by atoms with Crippen molar-refractivity contribution >= 4 is 5.69 Å². The Kier molecular flexibility index (Phi) is 3.93. The highest BCUT2D eigenvalue weighted by molar-refractivity contribution is 5.55. The molecule has 0 saturated heterocycles. The van der Waals surface area contributed by atoms with Crippen molar-refractivity contribution in [1.29, 1.82) is 5.26 Å². The van der Waals surface area contributed by atoms with Crippen molar-refractivity contribution in [1.82, 2.24) is 0 Å². The number of anilines is 1. The van der Waals surface area contributed by atoms with E-state index >= 15 is 0 Å². The Balaban J connectivity index is 2.76. The molecule has 0 unspecified atom stereocenters. The molecule has 2 nitrogen and oxygen atoms in total. The van der Waals surface area contributed by atoms with E-state index in [1.165, 1.54) is 0 Å². The first-order valence-electron chi connectivity index (χ1n) is 5.08. The normalized spacial score (nSPS) is 9.40. The summed E-state index contributed by atoms with van der Waals surface area (Å²) in [6.07, 6.45) is 0.976. The van der Waals surface area contributed by atoms with Gasteiger partial charge in [0.15, 0.2) is 0 Å². The number of hydrogen-bond acceptors (Lipinski definition) is 2. The van der Waals surface area contributed by atoms with Gasteiger partial charge in [0.2, 0.25) is 0 Å². The van der Waals surface area contributed by atoms with Crippen LogP contribution in [0.4, 0.5) is 5.69 Å². The molecule has 0 saturated carbocycles. The van der Waals surface area contributed by atoms with Crippen molar-refractivity contribution in [2.24, 2.45) is 0 Å². The molecule has 0 spiro atoms. The van der Waals surface area contributed by atoms with E-state index in [9.17, 15) is 0 Å². The molecule has 0 fully saturated rings. The summed E-state index contributed by atoms with van der Waals surface area (Å²) in [5.41, 5.74) is 4.02. The van der Waals surface area contributed by atoms with Crippen molar-refractivity contribution in [3.05, 3.63) is 41.5 Å². The fraction of sp³-hybridized carbons (Fsp3) is 0.308. The van der Waals surface area contributed by atoms with Gasteiger partial charge in [0.05, 0.1) is 11.6 Å². The molecule has 1 rings (SSSR count). The topological polar surface area (TPSA) is 35.8 Å². The first-order chi connectivity index (χ1) is 7.17. The van der Waals surface area contributed by atoms with Gasteiger partial charge in [0, 0.05) is 12.2 Å². The first kappa shape index (κ1) is 11.3. The van der Waals surface area contributed by atoms with E-state index in [4.69, 9.17) is 5.26 Å². The molecule has 15 heavy (non-hydrogen) atoms. The SMILES string of the molecule is C=C(CC)CNc1cc(C#N)ccc1C. The van der Waals surface area contributed by atoms with E-state index in [0.29, 0.717) is 5.56 Å². The maximum atomic E-state index is 8.78. The predicted molar refractivity (Wildman–Crippen MR) is 63.8 cm³/mol. The van der Waals surface area contributed by atoms with Crippen LogP contribution in [-0.2, 0) is 0 Å². The molecule has 0 atom stereocenters. The zero-order chi connectivity index (χ0) is 11.3. The third-order valence-electron chi connectivity index (χ3n) is 2.40. The van der Waals surface area contributed by atoms with Crippen molar-refractivity contribution in [3.63, 3.8) is 0 Å². The Morgan fingerprint density at radius 1 is 1.53 bits per heavy atom. The molecule has 0 bridgehead atoms. The first-order valence-corrected chi connectivity index (χ1v) is 5.08. The van der Waals surface area contributed by atoms with Crippen molar-refractivity contribution in [3.8, 4) is 6.07 Å². The van der Waals surface area contributed by atoms with E-state index in [0.717, 1.165) is 29.8 Å². The van der Waals surface area contributed by atoms with Crippen molar-refractivity contribution in [2.75, 3.05) is 11.9 Å². The van der Waals surface area contributed by atoms with E-state index in [1.54, 1.807) is 0 Å². The van der Waals surface area contributed by atoms with Gasteiger partial charge in [-0.3, -0.25) is 0 Å². The summed E-state index contributed by atoms with van der Waals surface area (Å²) < 4.78 is 0. The lowest BCUT2D eigenvalue weighted by Crippen LogP contribution is -2.04. The fourth-order valence-corrected chi connectivity index (χ4v) is 1.23. The van der Waals surface area contributed by atoms with Crippen LogP contribution in [0, 0.1) is 18.3 Å². The molecule has 0 aliphatic heterocycles. The monoisotopic (exact) mass is 200 g/mol. The Labute approximate surface area is 91.2 Å². The second-order valence-corrected chi connectivity index (χ2v) is 3.60. The number of hydrogen-bond donors (Lipinski definition) is 1. The van der Waals surface area contributed by atoms with Crippen LogP contribution < -0.4 is 5.32 Å². The summed E-state index contributed by atoms with van der Waals surface area (Å²) in [7, 11) is 0. The smallest absolute Gasteiger partial charge is 0.0992 e. The molecule has 0 amide bonds. The summed E-state index contributed by atoms with van der Waals surface area (Å²) in [6.45, 7) is 8.81. The van der Waals surface area contributed by atoms with Crippen LogP contribution >= 0.6 is 0 Å². The molecule has 2 heteroatoms. The predicted octanol–water partition coefficient (Wildman–Crippen LogP) is 3.24. The van der Waals surface area contributed by atoms with E-state index < -0.39 is 0 Å². The van der Waals surface area contributed by atoms with Gasteiger partial charge < -0.3 is 5.32 Å². The number of nitrogens with one attached hydrogen (secondary N) is 1. The van der Waals surface area contributed by atoms with Crippen molar-refractivity contribution in [2.45, 2.75) is 20.3 Å². The van der Waals surface area contributed by atoms with E-state index in [1.807, 2.05) is 25.1 Å². The fourth-order valence-electron chi connectivity index (χ4n) is 1.23. The number of nitriles is 1. The maximum absolute atomic E-state index is 8.78. The molecule has 0 aliphatic carbocycles. The minimum atomic E-state index is 0.685. The number of rotatable bonds is 4. The molecule has 78 valence electrons. The van der Waals surface area contributed by atoms with Crippen LogP contribution in [0.3, 0.4) is 0 Å². The quantitative estimate of drug-likeness (QED) is 0.757. The summed E-state index contributed by atoms with van der Waals surface area (Å²) >= 11 is 0. The lowest BCUT2D eigenvalue weighted by molar-refractivity contribution is 1.05. The standard InChI is InChI=1S/C13H16N2/c1-4-10(2)9-15-13-7-12(8-14)6-5-11(13)3/h5-7,15H,2,4,9H2,1,3H3. The van der Waals surface area contributed by atoms with Gasteiger partial charge in [-0.25, -0.2) is 0 Å². The third kappa shape index (κ3) is 3.14.